The molecule has 0 saturated heterocycles. The Labute approximate surface area is 194 Å². The van der Waals surface area contributed by atoms with E-state index in [2.05, 4.69) is 10.3 Å². The average molecular weight is 474 g/mol. The minimum atomic E-state index is -0.676. The third-order valence-corrected chi connectivity index (χ3v) is 6.29. The highest BCUT2D eigenvalue weighted by Gasteiger charge is 2.35. The molecule has 0 fully saturated rings. The third-order valence-electron chi connectivity index (χ3n) is 5.11. The summed E-state index contributed by atoms with van der Waals surface area (Å²) in [6, 6.07) is 9.44. The molecule has 4 rings (SSSR count). The molecule has 1 aromatic heterocycles. The van der Waals surface area contributed by atoms with Crippen LogP contribution < -0.4 is 15.0 Å². The summed E-state index contributed by atoms with van der Waals surface area (Å²) in [7, 11) is 0. The van der Waals surface area contributed by atoms with E-state index in [9.17, 15) is 14.0 Å². The summed E-state index contributed by atoms with van der Waals surface area (Å²) in [5, 5.41) is 3.51. The molecule has 1 unspecified atom stereocenters. The number of hydrogen-bond donors (Lipinski definition) is 1. The molecule has 1 N–H and O–H groups in total. The Bertz CT molecular complexity index is 1210. The molecule has 0 bridgehead atoms. The van der Waals surface area contributed by atoms with Crippen molar-refractivity contribution in [2.45, 2.75) is 33.3 Å². The number of aromatic nitrogens is 1. The van der Waals surface area contributed by atoms with Gasteiger partial charge in [-0.25, -0.2) is 9.37 Å². The van der Waals surface area contributed by atoms with Gasteiger partial charge >= 0.3 is 0 Å². The van der Waals surface area contributed by atoms with Crippen LogP contribution in [0.25, 0.3) is 11.3 Å². The normalized spacial score (nSPS) is 15.3. The Hall–Kier alpha value is -2.97. The summed E-state index contributed by atoms with van der Waals surface area (Å²) in [5.41, 5.74) is 2.53. The first kappa shape index (κ1) is 22.2. The minimum absolute atomic E-state index is 0.0970. The predicted molar refractivity (Wildman–Crippen MR) is 124 cm³/mol. The zero-order valence-corrected chi connectivity index (χ0v) is 19.3. The Kier molecular flexibility index (Phi) is 6.17. The summed E-state index contributed by atoms with van der Waals surface area (Å²) < 4.78 is 19.3. The molecule has 32 heavy (non-hydrogen) atoms. The van der Waals surface area contributed by atoms with Crippen LogP contribution >= 0.6 is 22.9 Å². The number of thiazole rings is 1. The Balaban J connectivity index is 1.65. The van der Waals surface area contributed by atoms with Gasteiger partial charge in [0.05, 0.1) is 21.4 Å². The van der Waals surface area contributed by atoms with Crippen molar-refractivity contribution in [1.82, 2.24) is 4.98 Å². The van der Waals surface area contributed by atoms with Crippen molar-refractivity contribution in [2.24, 2.45) is 0 Å². The lowest BCUT2D eigenvalue weighted by atomic mass is 10.1. The van der Waals surface area contributed by atoms with Crippen molar-refractivity contribution < 1.29 is 18.7 Å². The van der Waals surface area contributed by atoms with Crippen LogP contribution in [0.1, 0.15) is 23.2 Å². The smallest absolute Gasteiger partial charge is 0.268 e. The lowest BCUT2D eigenvalue weighted by Gasteiger charge is -2.34. The van der Waals surface area contributed by atoms with Crippen molar-refractivity contribution in [1.29, 1.82) is 0 Å². The molecule has 9 heteroatoms. The molecule has 2 aromatic carbocycles. The molecule has 0 radical (unpaired) electrons. The molecule has 0 aliphatic carbocycles. The number of fused-ring (bicyclic) bond motifs is 1. The first-order chi connectivity index (χ1) is 15.3. The van der Waals surface area contributed by atoms with Crippen LogP contribution in [0.2, 0.25) is 5.02 Å². The van der Waals surface area contributed by atoms with Gasteiger partial charge in [-0.2, -0.15) is 0 Å². The van der Waals surface area contributed by atoms with E-state index >= 15 is 0 Å². The number of ether oxygens (including phenoxy) is 1. The van der Waals surface area contributed by atoms with Crippen molar-refractivity contribution in [3.63, 3.8) is 0 Å². The van der Waals surface area contributed by atoms with Crippen molar-refractivity contribution in [2.75, 3.05) is 16.8 Å². The molecule has 166 valence electrons. The van der Waals surface area contributed by atoms with Crippen LogP contribution in [0.5, 0.6) is 5.75 Å². The Morgan fingerprint density at radius 2 is 2.06 bits per heavy atom. The van der Waals surface area contributed by atoms with E-state index in [1.54, 1.807) is 17.4 Å². The Morgan fingerprint density at radius 1 is 1.28 bits per heavy atom. The highest BCUT2D eigenvalue weighted by atomic mass is 35.5. The Morgan fingerprint density at radius 3 is 2.72 bits per heavy atom. The number of nitrogens with one attached hydrogen (secondary N) is 1. The van der Waals surface area contributed by atoms with Gasteiger partial charge in [-0.05, 0) is 56.7 Å². The summed E-state index contributed by atoms with van der Waals surface area (Å²) in [5.74, 6) is -0.777. The number of rotatable bonds is 5. The zero-order chi connectivity index (χ0) is 23.0. The maximum atomic E-state index is 13.4. The second kappa shape index (κ2) is 8.88. The number of carbonyl (C=O) groups excluding carboxylic acids is 2. The molecule has 2 amide bonds. The molecular formula is C23H21ClFN3O3S. The molecule has 0 spiro atoms. The van der Waals surface area contributed by atoms with Gasteiger partial charge in [-0.15, -0.1) is 11.3 Å². The van der Waals surface area contributed by atoms with Crippen LogP contribution in [0.4, 0.5) is 15.8 Å². The van der Waals surface area contributed by atoms with E-state index < -0.39 is 17.8 Å². The number of amides is 2. The lowest BCUT2D eigenvalue weighted by Crippen LogP contribution is -2.48. The third kappa shape index (κ3) is 4.33. The zero-order valence-electron chi connectivity index (χ0n) is 17.7. The maximum Gasteiger partial charge on any atom is 0.268 e. The van der Waals surface area contributed by atoms with Crippen LogP contribution in [0, 0.1) is 19.7 Å². The van der Waals surface area contributed by atoms with Crippen LogP contribution in [0.3, 0.4) is 0 Å². The van der Waals surface area contributed by atoms with Gasteiger partial charge in [-0.3, -0.25) is 14.5 Å². The van der Waals surface area contributed by atoms with E-state index in [4.69, 9.17) is 16.3 Å². The highest BCUT2D eigenvalue weighted by molar-refractivity contribution is 7.11. The van der Waals surface area contributed by atoms with Crippen LogP contribution in [-0.4, -0.2) is 29.4 Å². The number of hydrogen-bond acceptors (Lipinski definition) is 5. The van der Waals surface area contributed by atoms with Crippen LogP contribution in [-0.2, 0) is 9.59 Å². The quantitative estimate of drug-likeness (QED) is 0.541. The van der Waals surface area contributed by atoms with Gasteiger partial charge < -0.3 is 10.1 Å². The highest BCUT2D eigenvalue weighted by Crippen LogP contribution is 2.39. The van der Waals surface area contributed by atoms with Crippen LogP contribution in [0.15, 0.2) is 36.4 Å². The molecule has 1 atom stereocenters. The van der Waals surface area contributed by atoms with Gasteiger partial charge in [-0.1, -0.05) is 18.5 Å². The minimum Gasteiger partial charge on any atom is -0.478 e. The number of benzene rings is 2. The molecule has 2 heterocycles. The molecular weight excluding hydrogens is 453 g/mol. The fourth-order valence-electron chi connectivity index (χ4n) is 3.61. The summed E-state index contributed by atoms with van der Waals surface area (Å²) in [6.45, 7) is 5.56. The summed E-state index contributed by atoms with van der Waals surface area (Å²) >= 11 is 7.39. The molecule has 6 nitrogen and oxygen atoms in total. The summed E-state index contributed by atoms with van der Waals surface area (Å²) in [4.78, 5) is 32.9. The number of anilines is 2. The fourth-order valence-corrected chi connectivity index (χ4v) is 4.63. The average Bonchev–Trinajstić information content (AvgIpc) is 3.10. The SMILES string of the molecule is CCC1Oc2ccc(-c3nc(C)sc3C)cc2N(CC(=O)Nc2ccc(F)c(Cl)c2)C1=O. The molecule has 1 aliphatic rings. The number of carbonyl (C=O) groups is 2. The molecule has 0 saturated carbocycles. The van der Waals surface area contributed by atoms with E-state index in [1.165, 1.54) is 23.1 Å². The second-order valence-electron chi connectivity index (χ2n) is 7.44. The van der Waals surface area contributed by atoms with E-state index in [0.29, 0.717) is 23.5 Å². The summed E-state index contributed by atoms with van der Waals surface area (Å²) in [6.07, 6.45) is -0.208. The van der Waals surface area contributed by atoms with Gasteiger partial charge in [0.1, 0.15) is 18.1 Å². The van der Waals surface area contributed by atoms with Crippen molar-refractivity contribution >= 4 is 46.1 Å². The first-order valence-electron chi connectivity index (χ1n) is 10.1. The van der Waals surface area contributed by atoms with E-state index in [1.807, 2.05) is 32.9 Å². The number of halogens is 2. The fraction of sp³-hybridized carbons (Fsp3) is 0.261. The van der Waals surface area contributed by atoms with Gasteiger partial charge in [0.15, 0.2) is 6.10 Å². The molecule has 3 aromatic rings. The molecule has 1 aliphatic heterocycles. The van der Waals surface area contributed by atoms with E-state index in [0.717, 1.165) is 21.1 Å². The van der Waals surface area contributed by atoms with Gasteiger partial charge in [0, 0.05) is 16.1 Å². The first-order valence-corrected chi connectivity index (χ1v) is 11.3. The maximum absolute atomic E-state index is 13.4. The number of nitrogens with zero attached hydrogens (tertiary/aromatic N) is 2. The monoisotopic (exact) mass is 473 g/mol. The second-order valence-corrected chi connectivity index (χ2v) is 9.25. The van der Waals surface area contributed by atoms with Crippen molar-refractivity contribution in [3.8, 4) is 17.0 Å². The van der Waals surface area contributed by atoms with Crippen molar-refractivity contribution in [3.05, 3.63) is 57.1 Å². The van der Waals surface area contributed by atoms with Gasteiger partial charge in [0.25, 0.3) is 5.91 Å². The topological polar surface area (TPSA) is 71.5 Å². The number of aryl methyl sites for hydroxylation is 2. The lowest BCUT2D eigenvalue weighted by molar-refractivity contribution is -0.128. The van der Waals surface area contributed by atoms with Gasteiger partial charge in [0.2, 0.25) is 5.91 Å². The standard InChI is InChI=1S/C23H21ClFN3O3S/c1-4-19-23(30)28(11-21(29)27-15-6-7-17(25)16(24)10-15)18-9-14(5-8-20(18)31-19)22-12(2)32-13(3)26-22/h5-10,19H,4,11H2,1-3H3,(H,27,29). The largest absolute Gasteiger partial charge is 0.478 e. The predicted octanol–water partition coefficient (Wildman–Crippen LogP) is 5.36. The van der Waals surface area contributed by atoms with E-state index in [-0.39, 0.29) is 17.5 Å².